The highest BCUT2D eigenvalue weighted by atomic mass is 16.5. The third kappa shape index (κ3) is 4.51. The number of methoxy groups -OCH3 is 2. The molecule has 0 heterocycles. The lowest BCUT2D eigenvalue weighted by molar-refractivity contribution is 0.132. The molecule has 4 heteroatoms. The highest BCUT2D eigenvalue weighted by Gasteiger charge is 2.03. The van der Waals surface area contributed by atoms with Gasteiger partial charge in [0.2, 0.25) is 0 Å². The van der Waals surface area contributed by atoms with Crippen LogP contribution in [0.2, 0.25) is 0 Å². The van der Waals surface area contributed by atoms with Crippen molar-refractivity contribution in [3.63, 3.8) is 0 Å². The summed E-state index contributed by atoms with van der Waals surface area (Å²) in [4.78, 5) is 0. The lowest BCUT2D eigenvalue weighted by atomic mass is 10.3. The van der Waals surface area contributed by atoms with Crippen molar-refractivity contribution < 1.29 is 18.9 Å². The van der Waals surface area contributed by atoms with Crippen LogP contribution in [0.3, 0.4) is 0 Å². The van der Waals surface area contributed by atoms with Crippen LogP contribution in [0.25, 0.3) is 0 Å². The molecule has 4 nitrogen and oxygen atoms in total. The first-order valence-corrected chi connectivity index (χ1v) is 5.21. The van der Waals surface area contributed by atoms with Crippen molar-refractivity contribution in [1.29, 1.82) is 0 Å². The normalized spacial score (nSPS) is 10.1. The van der Waals surface area contributed by atoms with Crippen molar-refractivity contribution in [2.24, 2.45) is 0 Å². The summed E-state index contributed by atoms with van der Waals surface area (Å²) in [6.45, 7) is 2.15. The summed E-state index contributed by atoms with van der Waals surface area (Å²) in [5, 5.41) is 0. The van der Waals surface area contributed by atoms with Crippen LogP contribution in [0.5, 0.6) is 11.5 Å². The molecule has 1 aromatic carbocycles. The van der Waals surface area contributed by atoms with Crippen molar-refractivity contribution in [1.82, 2.24) is 0 Å². The van der Waals surface area contributed by atoms with Crippen LogP contribution >= 0.6 is 0 Å². The van der Waals surface area contributed by atoms with Gasteiger partial charge in [0.05, 0.1) is 13.2 Å². The number of benzene rings is 1. The van der Waals surface area contributed by atoms with E-state index in [1.54, 1.807) is 14.2 Å². The van der Waals surface area contributed by atoms with Crippen molar-refractivity contribution in [3.05, 3.63) is 24.3 Å². The van der Waals surface area contributed by atoms with Gasteiger partial charge in [-0.15, -0.1) is 0 Å². The summed E-state index contributed by atoms with van der Waals surface area (Å²) in [5.41, 5.74) is 0. The second-order valence-electron chi connectivity index (χ2n) is 3.13. The summed E-state index contributed by atoms with van der Waals surface area (Å²) in [6.07, 6.45) is 0. The lowest BCUT2D eigenvalue weighted by Gasteiger charge is -2.11. The van der Waals surface area contributed by atoms with Gasteiger partial charge in [0.15, 0.2) is 11.5 Å². The molecule has 1 rings (SSSR count). The second-order valence-corrected chi connectivity index (χ2v) is 3.13. The fourth-order valence-corrected chi connectivity index (χ4v) is 1.16. The quantitative estimate of drug-likeness (QED) is 0.633. The molecule has 0 bridgehead atoms. The lowest BCUT2D eigenvalue weighted by Crippen LogP contribution is -2.08. The van der Waals surface area contributed by atoms with Crippen LogP contribution in [0.15, 0.2) is 24.3 Å². The molecule has 0 aliphatic heterocycles. The molecule has 0 atom stereocenters. The fourth-order valence-electron chi connectivity index (χ4n) is 1.16. The topological polar surface area (TPSA) is 36.9 Å². The second kappa shape index (κ2) is 7.96. The summed E-state index contributed by atoms with van der Waals surface area (Å²) in [6, 6.07) is 7.56. The summed E-state index contributed by atoms with van der Waals surface area (Å²) >= 11 is 0. The molecule has 0 saturated carbocycles. The number of rotatable bonds is 8. The summed E-state index contributed by atoms with van der Waals surface area (Å²) in [5.74, 6) is 1.46. The maximum atomic E-state index is 5.52. The van der Waals surface area contributed by atoms with E-state index in [4.69, 9.17) is 18.9 Å². The van der Waals surface area contributed by atoms with E-state index in [0.29, 0.717) is 26.4 Å². The van der Waals surface area contributed by atoms with Gasteiger partial charge in [0, 0.05) is 14.2 Å². The first kappa shape index (κ1) is 12.8. The van der Waals surface area contributed by atoms with E-state index < -0.39 is 0 Å². The molecule has 0 saturated heterocycles. The third-order valence-corrected chi connectivity index (χ3v) is 1.94. The highest BCUT2D eigenvalue weighted by Crippen LogP contribution is 2.26. The summed E-state index contributed by atoms with van der Waals surface area (Å²) in [7, 11) is 3.29. The van der Waals surface area contributed by atoms with E-state index in [1.807, 2.05) is 24.3 Å². The monoisotopic (exact) mass is 226 g/mol. The van der Waals surface area contributed by atoms with Gasteiger partial charge in [-0.1, -0.05) is 12.1 Å². The van der Waals surface area contributed by atoms with Gasteiger partial charge in [0.25, 0.3) is 0 Å². The van der Waals surface area contributed by atoms with Gasteiger partial charge in [-0.3, -0.25) is 0 Å². The summed E-state index contributed by atoms with van der Waals surface area (Å²) < 4.78 is 20.9. The Morgan fingerprint density at radius 3 is 1.56 bits per heavy atom. The Labute approximate surface area is 96.1 Å². The average Bonchev–Trinajstić information content (AvgIpc) is 2.32. The molecular weight excluding hydrogens is 208 g/mol. The predicted molar refractivity (Wildman–Crippen MR) is 61.2 cm³/mol. The molecule has 1 aromatic rings. The van der Waals surface area contributed by atoms with E-state index in [0.717, 1.165) is 11.5 Å². The van der Waals surface area contributed by atoms with Gasteiger partial charge in [-0.25, -0.2) is 0 Å². The van der Waals surface area contributed by atoms with Crippen molar-refractivity contribution in [3.8, 4) is 11.5 Å². The van der Waals surface area contributed by atoms with Crippen LogP contribution in [0, 0.1) is 0 Å². The van der Waals surface area contributed by atoms with Crippen LogP contribution < -0.4 is 9.47 Å². The maximum absolute atomic E-state index is 5.52. The van der Waals surface area contributed by atoms with Crippen molar-refractivity contribution in [2.45, 2.75) is 0 Å². The van der Waals surface area contributed by atoms with E-state index in [2.05, 4.69) is 0 Å². The standard InChI is InChI=1S/C12H18O4/c1-13-7-9-15-11-5-3-4-6-12(11)16-10-8-14-2/h3-6H,7-10H2,1-2H3. The Morgan fingerprint density at radius 1 is 0.750 bits per heavy atom. The van der Waals surface area contributed by atoms with Crippen LogP contribution in [-0.2, 0) is 9.47 Å². The smallest absolute Gasteiger partial charge is 0.161 e. The van der Waals surface area contributed by atoms with Gasteiger partial charge in [0.1, 0.15) is 13.2 Å². The zero-order valence-corrected chi connectivity index (χ0v) is 9.77. The Balaban J connectivity index is 2.46. The molecule has 0 aliphatic rings. The SMILES string of the molecule is COCCOc1ccccc1OCCOC. The van der Waals surface area contributed by atoms with Crippen molar-refractivity contribution >= 4 is 0 Å². The number of hydrogen-bond donors (Lipinski definition) is 0. The van der Waals surface area contributed by atoms with Gasteiger partial charge in [-0.2, -0.15) is 0 Å². The molecule has 0 aromatic heterocycles. The minimum Gasteiger partial charge on any atom is -0.487 e. The zero-order valence-electron chi connectivity index (χ0n) is 9.77. The minimum atomic E-state index is 0.515. The fraction of sp³-hybridized carbons (Fsp3) is 0.500. The number of hydrogen-bond acceptors (Lipinski definition) is 4. The van der Waals surface area contributed by atoms with Crippen LogP contribution in [0.1, 0.15) is 0 Å². The largest absolute Gasteiger partial charge is 0.487 e. The molecule has 0 unspecified atom stereocenters. The van der Waals surface area contributed by atoms with Gasteiger partial charge >= 0.3 is 0 Å². The van der Waals surface area contributed by atoms with Crippen LogP contribution in [0.4, 0.5) is 0 Å². The first-order chi connectivity index (χ1) is 7.88. The number of para-hydroxylation sites is 2. The van der Waals surface area contributed by atoms with E-state index >= 15 is 0 Å². The number of ether oxygens (including phenoxy) is 4. The molecule has 16 heavy (non-hydrogen) atoms. The molecule has 90 valence electrons. The van der Waals surface area contributed by atoms with Crippen LogP contribution in [-0.4, -0.2) is 40.6 Å². The Morgan fingerprint density at radius 2 is 1.19 bits per heavy atom. The zero-order chi connectivity index (χ0) is 11.6. The Kier molecular flexibility index (Phi) is 6.37. The van der Waals surface area contributed by atoms with E-state index in [9.17, 15) is 0 Å². The third-order valence-electron chi connectivity index (χ3n) is 1.94. The highest BCUT2D eigenvalue weighted by molar-refractivity contribution is 5.39. The Bertz CT molecular complexity index is 259. The van der Waals surface area contributed by atoms with E-state index in [-0.39, 0.29) is 0 Å². The molecule has 0 N–H and O–H groups in total. The molecule has 0 radical (unpaired) electrons. The molecule has 0 fully saturated rings. The molecule has 0 spiro atoms. The predicted octanol–water partition coefficient (Wildman–Crippen LogP) is 1.74. The maximum Gasteiger partial charge on any atom is 0.161 e. The molecule has 0 aliphatic carbocycles. The average molecular weight is 226 g/mol. The first-order valence-electron chi connectivity index (χ1n) is 5.21. The molecule has 0 amide bonds. The minimum absolute atomic E-state index is 0.515. The van der Waals surface area contributed by atoms with Gasteiger partial charge in [-0.05, 0) is 12.1 Å². The van der Waals surface area contributed by atoms with Crippen molar-refractivity contribution in [2.75, 3.05) is 40.6 Å². The molecular formula is C12H18O4. The Hall–Kier alpha value is -1.26. The van der Waals surface area contributed by atoms with Gasteiger partial charge < -0.3 is 18.9 Å². The van der Waals surface area contributed by atoms with E-state index in [1.165, 1.54) is 0 Å².